The number of hydrogen-bond donors (Lipinski definition) is 1. The van der Waals surface area contributed by atoms with Gasteiger partial charge in [-0.15, -0.1) is 0 Å². The highest BCUT2D eigenvalue weighted by Crippen LogP contribution is 2.31. The number of carbonyl (C=O) groups excluding carboxylic acids is 1. The van der Waals surface area contributed by atoms with E-state index in [-0.39, 0.29) is 5.91 Å². The molecule has 21 heavy (non-hydrogen) atoms. The van der Waals surface area contributed by atoms with Gasteiger partial charge < -0.3 is 14.8 Å². The molecule has 0 atom stereocenters. The smallest absolute Gasteiger partial charge is 0.258 e. The normalized spacial score (nSPS) is 16.1. The fraction of sp³-hybridized carbons (Fsp3) is 0.438. The van der Waals surface area contributed by atoms with Gasteiger partial charge in [-0.05, 0) is 30.2 Å². The third kappa shape index (κ3) is 4.43. The number of nitrogens with one attached hydrogen (secondary N) is 1. The van der Waals surface area contributed by atoms with Gasteiger partial charge in [0.25, 0.3) is 5.91 Å². The predicted molar refractivity (Wildman–Crippen MR) is 86.6 cm³/mol. The fourth-order valence-corrected chi connectivity index (χ4v) is 2.80. The molecule has 5 heteroatoms. The Hall–Kier alpha value is -1.62. The number of methoxy groups -OCH3 is 1. The Balaban J connectivity index is 2.07. The van der Waals surface area contributed by atoms with Crippen LogP contribution in [0.1, 0.15) is 31.7 Å². The molecule has 114 valence electrons. The average molecular weight is 307 g/mol. The molecule has 0 radical (unpaired) electrons. The summed E-state index contributed by atoms with van der Waals surface area (Å²) < 4.78 is 11.1. The minimum absolute atomic E-state index is 0.0149. The minimum Gasteiger partial charge on any atom is -0.493 e. The zero-order chi connectivity index (χ0) is 15.1. The topological polar surface area (TPSA) is 47.6 Å². The summed E-state index contributed by atoms with van der Waals surface area (Å²) in [5.74, 6) is 2.07. The van der Waals surface area contributed by atoms with Crippen LogP contribution >= 0.6 is 11.8 Å². The molecule has 4 nitrogen and oxygen atoms in total. The van der Waals surface area contributed by atoms with E-state index in [1.165, 1.54) is 24.6 Å². The van der Waals surface area contributed by atoms with Crippen LogP contribution in [0, 0.1) is 0 Å². The van der Waals surface area contributed by atoms with Crippen LogP contribution in [-0.4, -0.2) is 25.5 Å². The van der Waals surface area contributed by atoms with Gasteiger partial charge in [0, 0.05) is 0 Å². The molecule has 1 aromatic rings. The lowest BCUT2D eigenvalue weighted by Gasteiger charge is -2.11. The predicted octanol–water partition coefficient (Wildman–Crippen LogP) is 3.43. The van der Waals surface area contributed by atoms with Gasteiger partial charge in [-0.1, -0.05) is 37.6 Å². The number of thioether (sulfide) groups is 1. The molecule has 1 N–H and O–H groups in total. The lowest BCUT2D eigenvalue weighted by Crippen LogP contribution is -2.13. The van der Waals surface area contributed by atoms with Crippen molar-refractivity contribution < 1.29 is 14.3 Å². The molecule has 0 unspecified atom stereocenters. The van der Waals surface area contributed by atoms with Crippen molar-refractivity contribution in [3.05, 3.63) is 28.7 Å². The lowest BCUT2D eigenvalue weighted by atomic mass is 10.2. The molecule has 1 aliphatic heterocycles. The number of benzene rings is 1. The molecule has 2 rings (SSSR count). The average Bonchev–Trinajstić information content (AvgIpc) is 2.90. The summed E-state index contributed by atoms with van der Waals surface area (Å²) in [6.07, 6.45) is 5.25. The number of unbranched alkanes of at least 4 members (excludes halogenated alkanes) is 2. The van der Waals surface area contributed by atoms with Gasteiger partial charge in [-0.2, -0.15) is 0 Å². The summed E-state index contributed by atoms with van der Waals surface area (Å²) in [7, 11) is 1.63. The van der Waals surface area contributed by atoms with Crippen molar-refractivity contribution >= 4 is 23.7 Å². The van der Waals surface area contributed by atoms with Gasteiger partial charge in [0.2, 0.25) is 0 Å². The quantitative estimate of drug-likeness (QED) is 0.619. The molecule has 1 fully saturated rings. The van der Waals surface area contributed by atoms with Crippen LogP contribution in [-0.2, 0) is 4.79 Å². The van der Waals surface area contributed by atoms with Crippen molar-refractivity contribution in [2.24, 2.45) is 0 Å². The largest absolute Gasteiger partial charge is 0.493 e. The summed E-state index contributed by atoms with van der Waals surface area (Å²) >= 11 is 1.51. The maximum atomic E-state index is 11.5. The van der Waals surface area contributed by atoms with E-state index >= 15 is 0 Å². The van der Waals surface area contributed by atoms with Crippen LogP contribution < -0.4 is 14.8 Å². The van der Waals surface area contributed by atoms with E-state index in [1.54, 1.807) is 7.11 Å². The Labute approximate surface area is 129 Å². The first-order valence-corrected chi connectivity index (χ1v) is 8.16. The molecular weight excluding hydrogens is 286 g/mol. The highest BCUT2D eigenvalue weighted by Gasteiger charge is 2.17. The molecule has 1 heterocycles. The Morgan fingerprint density at radius 2 is 2.19 bits per heavy atom. The van der Waals surface area contributed by atoms with Crippen LogP contribution in [0.25, 0.3) is 6.08 Å². The van der Waals surface area contributed by atoms with E-state index < -0.39 is 0 Å². The van der Waals surface area contributed by atoms with Gasteiger partial charge in [0.05, 0.1) is 24.5 Å². The van der Waals surface area contributed by atoms with Crippen LogP contribution in [0.15, 0.2) is 23.1 Å². The Morgan fingerprint density at radius 3 is 2.86 bits per heavy atom. The second-order valence-corrected chi connectivity index (χ2v) is 5.79. The standard InChI is InChI=1S/C16H21NO3S/c1-3-4-5-8-20-13-7-6-12(9-14(13)19-2)10-15-16(18)17-11-21-15/h6-7,9-10H,3-5,8,11H2,1-2H3,(H,17,18). The molecule has 0 aliphatic carbocycles. The zero-order valence-electron chi connectivity index (χ0n) is 12.5. The van der Waals surface area contributed by atoms with Crippen molar-refractivity contribution in [2.75, 3.05) is 19.6 Å². The second-order valence-electron chi connectivity index (χ2n) is 4.77. The Bertz CT molecular complexity index is 528. The third-order valence-electron chi connectivity index (χ3n) is 3.18. The van der Waals surface area contributed by atoms with Gasteiger partial charge in [-0.3, -0.25) is 4.79 Å². The van der Waals surface area contributed by atoms with Crippen molar-refractivity contribution in [1.82, 2.24) is 5.32 Å². The number of amides is 1. The highest BCUT2D eigenvalue weighted by molar-refractivity contribution is 8.04. The SMILES string of the molecule is CCCCCOc1ccc(C=C2SCNC2=O)cc1OC. The molecule has 1 saturated heterocycles. The molecule has 1 aromatic carbocycles. The number of hydrogen-bond acceptors (Lipinski definition) is 4. The summed E-state index contributed by atoms with van der Waals surface area (Å²) in [6, 6.07) is 5.74. The highest BCUT2D eigenvalue weighted by atomic mass is 32.2. The van der Waals surface area contributed by atoms with Crippen molar-refractivity contribution in [3.8, 4) is 11.5 Å². The van der Waals surface area contributed by atoms with E-state index in [2.05, 4.69) is 12.2 Å². The second kappa shape index (κ2) is 7.98. The summed E-state index contributed by atoms with van der Waals surface area (Å²) in [6.45, 7) is 2.86. The third-order valence-corrected chi connectivity index (χ3v) is 4.08. The fourth-order valence-electron chi connectivity index (χ4n) is 2.02. The lowest BCUT2D eigenvalue weighted by molar-refractivity contribution is -0.116. The number of rotatable bonds is 7. The molecule has 0 saturated carbocycles. The zero-order valence-corrected chi connectivity index (χ0v) is 13.3. The van der Waals surface area contributed by atoms with Crippen molar-refractivity contribution in [3.63, 3.8) is 0 Å². The van der Waals surface area contributed by atoms with Gasteiger partial charge in [-0.25, -0.2) is 0 Å². The van der Waals surface area contributed by atoms with E-state index in [0.717, 1.165) is 22.6 Å². The van der Waals surface area contributed by atoms with Crippen LogP contribution in [0.4, 0.5) is 0 Å². The summed E-state index contributed by atoms with van der Waals surface area (Å²) in [4.78, 5) is 12.3. The molecule has 0 spiro atoms. The first kappa shape index (κ1) is 15.8. The summed E-state index contributed by atoms with van der Waals surface area (Å²) in [5.41, 5.74) is 0.937. The molecule has 1 amide bonds. The van der Waals surface area contributed by atoms with Crippen LogP contribution in [0.3, 0.4) is 0 Å². The van der Waals surface area contributed by atoms with Crippen molar-refractivity contribution in [2.45, 2.75) is 26.2 Å². The van der Waals surface area contributed by atoms with E-state index in [9.17, 15) is 4.79 Å². The molecule has 1 aliphatic rings. The van der Waals surface area contributed by atoms with Crippen molar-refractivity contribution in [1.29, 1.82) is 0 Å². The van der Waals surface area contributed by atoms with Gasteiger partial charge in [0.15, 0.2) is 11.5 Å². The maximum absolute atomic E-state index is 11.5. The molecular formula is C16H21NO3S. The van der Waals surface area contributed by atoms with E-state index in [0.29, 0.717) is 18.2 Å². The van der Waals surface area contributed by atoms with E-state index in [1.807, 2.05) is 24.3 Å². The van der Waals surface area contributed by atoms with Gasteiger partial charge >= 0.3 is 0 Å². The first-order chi connectivity index (χ1) is 10.2. The van der Waals surface area contributed by atoms with Crippen LogP contribution in [0.5, 0.6) is 11.5 Å². The molecule has 0 bridgehead atoms. The number of carbonyl (C=O) groups is 1. The maximum Gasteiger partial charge on any atom is 0.258 e. The molecule has 0 aromatic heterocycles. The first-order valence-electron chi connectivity index (χ1n) is 7.18. The Morgan fingerprint density at radius 1 is 1.33 bits per heavy atom. The Kier molecular flexibility index (Phi) is 5.99. The minimum atomic E-state index is -0.0149. The van der Waals surface area contributed by atoms with Crippen LogP contribution in [0.2, 0.25) is 0 Å². The number of ether oxygens (including phenoxy) is 2. The summed E-state index contributed by atoms with van der Waals surface area (Å²) in [5, 5.41) is 2.77. The van der Waals surface area contributed by atoms with E-state index in [4.69, 9.17) is 9.47 Å². The monoisotopic (exact) mass is 307 g/mol. The van der Waals surface area contributed by atoms with Gasteiger partial charge in [0.1, 0.15) is 0 Å².